The number of hydrogen-bond donors (Lipinski definition) is 3. The third-order valence-electron chi connectivity index (χ3n) is 2.43. The van der Waals surface area contributed by atoms with Crippen LogP contribution in [0.4, 0.5) is 8.78 Å². The van der Waals surface area contributed by atoms with Crippen molar-refractivity contribution in [2.45, 2.75) is 25.8 Å². The van der Waals surface area contributed by atoms with Crippen LogP contribution in [-0.4, -0.2) is 17.6 Å². The molecule has 0 saturated carbocycles. The third kappa shape index (κ3) is 4.67. The maximum absolute atomic E-state index is 13.0. The highest BCUT2D eigenvalue weighted by Crippen LogP contribution is 2.21. The Morgan fingerprint density at radius 1 is 1.28 bits per heavy atom. The molecule has 6 heteroatoms. The van der Waals surface area contributed by atoms with E-state index >= 15 is 0 Å². The van der Waals surface area contributed by atoms with Crippen LogP contribution in [0.3, 0.4) is 0 Å². The molecule has 1 rings (SSSR count). The lowest BCUT2D eigenvalue weighted by Gasteiger charge is -2.06. The van der Waals surface area contributed by atoms with E-state index in [2.05, 4.69) is 5.32 Å². The molecule has 1 aromatic rings. The van der Waals surface area contributed by atoms with Gasteiger partial charge in [-0.15, -0.1) is 0 Å². The number of nitrogens with two attached hydrogens (primary N) is 1. The zero-order valence-corrected chi connectivity index (χ0v) is 9.88. The van der Waals surface area contributed by atoms with Crippen molar-refractivity contribution in [3.63, 3.8) is 0 Å². The van der Waals surface area contributed by atoms with Crippen LogP contribution in [0.25, 0.3) is 0 Å². The predicted octanol–water partition coefficient (Wildman–Crippen LogP) is 1.42. The van der Waals surface area contributed by atoms with Crippen molar-refractivity contribution in [2.24, 2.45) is 5.73 Å². The fourth-order valence-electron chi connectivity index (χ4n) is 1.50. The highest BCUT2D eigenvalue weighted by molar-refractivity contribution is 5.73. The molecule has 1 aromatic carbocycles. The van der Waals surface area contributed by atoms with Crippen molar-refractivity contribution in [1.82, 2.24) is 5.32 Å². The summed E-state index contributed by atoms with van der Waals surface area (Å²) in [5, 5.41) is 11.9. The van der Waals surface area contributed by atoms with Crippen LogP contribution in [0, 0.1) is 11.6 Å². The Hall–Kier alpha value is -1.69. The van der Waals surface area contributed by atoms with Crippen LogP contribution in [0.2, 0.25) is 0 Å². The molecule has 0 saturated heterocycles. The number of carbonyl (C=O) groups excluding carboxylic acids is 1. The minimum atomic E-state index is -0.972. The van der Waals surface area contributed by atoms with E-state index in [1.54, 1.807) is 0 Å². The van der Waals surface area contributed by atoms with Gasteiger partial charge in [0.2, 0.25) is 5.91 Å². The van der Waals surface area contributed by atoms with Gasteiger partial charge in [0.1, 0.15) is 0 Å². The van der Waals surface area contributed by atoms with Gasteiger partial charge in [-0.2, -0.15) is 0 Å². The van der Waals surface area contributed by atoms with Gasteiger partial charge in [0.25, 0.3) is 0 Å². The molecule has 0 spiro atoms. The van der Waals surface area contributed by atoms with E-state index in [1.807, 2.05) is 0 Å². The minimum absolute atomic E-state index is 0.296. The van der Waals surface area contributed by atoms with Crippen molar-refractivity contribution in [1.29, 1.82) is 0 Å². The van der Waals surface area contributed by atoms with Crippen LogP contribution in [0.5, 0.6) is 5.75 Å². The normalized spacial score (nSPS) is 10.6. The highest BCUT2D eigenvalue weighted by atomic mass is 19.1. The first-order valence-corrected chi connectivity index (χ1v) is 5.66. The fraction of sp³-hybridized carbons (Fsp3) is 0.417. The first-order chi connectivity index (χ1) is 8.50. The number of carbonyl (C=O) groups is 1. The first-order valence-electron chi connectivity index (χ1n) is 5.66. The summed E-state index contributed by atoms with van der Waals surface area (Å²) in [4.78, 5) is 10.5. The molecule has 1 amide bonds. The molecule has 0 fully saturated rings. The van der Waals surface area contributed by atoms with E-state index < -0.39 is 17.4 Å². The fourth-order valence-corrected chi connectivity index (χ4v) is 1.50. The van der Waals surface area contributed by atoms with Gasteiger partial charge in [-0.3, -0.25) is 4.79 Å². The van der Waals surface area contributed by atoms with E-state index in [4.69, 9.17) is 10.8 Å². The second kappa shape index (κ2) is 6.90. The maximum Gasteiger partial charge on any atom is 0.217 e. The predicted molar refractivity (Wildman–Crippen MR) is 62.8 cm³/mol. The SMILES string of the molecule is NC(=O)CCCCNCc1cc(F)c(O)c(F)c1. The Morgan fingerprint density at radius 2 is 1.89 bits per heavy atom. The summed E-state index contributed by atoms with van der Waals surface area (Å²) < 4.78 is 26.0. The van der Waals surface area contributed by atoms with Crippen LogP contribution in [-0.2, 0) is 11.3 Å². The van der Waals surface area contributed by atoms with E-state index in [1.165, 1.54) is 0 Å². The number of hydrogen-bond acceptors (Lipinski definition) is 3. The van der Waals surface area contributed by atoms with Gasteiger partial charge in [-0.25, -0.2) is 8.78 Å². The van der Waals surface area contributed by atoms with Crippen LogP contribution < -0.4 is 11.1 Å². The third-order valence-corrected chi connectivity index (χ3v) is 2.43. The molecule has 0 aromatic heterocycles. The van der Waals surface area contributed by atoms with Crippen LogP contribution in [0.15, 0.2) is 12.1 Å². The molecular weight excluding hydrogens is 242 g/mol. The largest absolute Gasteiger partial charge is 0.503 e. The molecule has 0 radical (unpaired) electrons. The van der Waals surface area contributed by atoms with Crippen molar-refractivity contribution < 1.29 is 18.7 Å². The van der Waals surface area contributed by atoms with Gasteiger partial charge in [0, 0.05) is 13.0 Å². The Bertz CT molecular complexity index is 402. The molecule has 0 unspecified atom stereocenters. The molecule has 0 atom stereocenters. The number of halogens is 2. The van der Waals surface area contributed by atoms with Crippen LogP contribution in [0.1, 0.15) is 24.8 Å². The lowest BCUT2D eigenvalue weighted by atomic mass is 10.2. The average molecular weight is 258 g/mol. The standard InChI is InChI=1S/C12H16F2N2O2/c13-9-5-8(6-10(14)12(9)18)7-16-4-2-1-3-11(15)17/h5-6,16,18H,1-4,7H2,(H2,15,17). The lowest BCUT2D eigenvalue weighted by molar-refractivity contribution is -0.118. The molecule has 0 aliphatic rings. The van der Waals surface area contributed by atoms with Gasteiger partial charge < -0.3 is 16.2 Å². The number of aromatic hydroxyl groups is 1. The summed E-state index contributed by atoms with van der Waals surface area (Å²) in [7, 11) is 0. The summed E-state index contributed by atoms with van der Waals surface area (Å²) in [6, 6.07) is 2.16. The number of primary amides is 1. The second-order valence-corrected chi connectivity index (χ2v) is 4.01. The number of unbranched alkanes of at least 4 members (excludes halogenated alkanes) is 1. The highest BCUT2D eigenvalue weighted by Gasteiger charge is 2.08. The van der Waals surface area contributed by atoms with Crippen molar-refractivity contribution in [3.8, 4) is 5.75 Å². The zero-order chi connectivity index (χ0) is 13.5. The van der Waals surface area contributed by atoms with Crippen molar-refractivity contribution in [3.05, 3.63) is 29.3 Å². The monoisotopic (exact) mass is 258 g/mol. The van der Waals surface area contributed by atoms with Gasteiger partial charge in [0.05, 0.1) is 0 Å². The van der Waals surface area contributed by atoms with Gasteiger partial charge in [-0.1, -0.05) is 0 Å². The average Bonchev–Trinajstić information content (AvgIpc) is 2.30. The maximum atomic E-state index is 13.0. The Morgan fingerprint density at radius 3 is 2.44 bits per heavy atom. The number of phenols is 1. The molecule has 0 bridgehead atoms. The van der Waals surface area contributed by atoms with Gasteiger partial charge in [-0.05, 0) is 37.1 Å². The molecule has 0 aliphatic carbocycles. The molecular formula is C12H16F2N2O2. The summed E-state index contributed by atoms with van der Waals surface area (Å²) in [6.07, 6.45) is 1.77. The molecule has 18 heavy (non-hydrogen) atoms. The Balaban J connectivity index is 2.29. The van der Waals surface area contributed by atoms with Gasteiger partial charge in [0.15, 0.2) is 17.4 Å². The molecule has 4 N–H and O–H groups in total. The van der Waals surface area contributed by atoms with E-state index in [0.29, 0.717) is 31.5 Å². The smallest absolute Gasteiger partial charge is 0.217 e. The second-order valence-electron chi connectivity index (χ2n) is 4.01. The van der Waals surface area contributed by atoms with Crippen LogP contribution >= 0.6 is 0 Å². The van der Waals surface area contributed by atoms with E-state index in [-0.39, 0.29) is 5.91 Å². The quantitative estimate of drug-likeness (QED) is 0.647. The molecule has 0 heterocycles. The van der Waals surface area contributed by atoms with Crippen molar-refractivity contribution in [2.75, 3.05) is 6.54 Å². The molecule has 0 aliphatic heterocycles. The number of nitrogens with one attached hydrogen (secondary N) is 1. The molecule has 4 nitrogen and oxygen atoms in total. The number of rotatable bonds is 7. The van der Waals surface area contributed by atoms with Crippen molar-refractivity contribution >= 4 is 5.91 Å². The topological polar surface area (TPSA) is 75.4 Å². The summed E-state index contributed by atoms with van der Waals surface area (Å²) >= 11 is 0. The van der Waals surface area contributed by atoms with E-state index in [9.17, 15) is 13.6 Å². The zero-order valence-electron chi connectivity index (χ0n) is 9.88. The van der Waals surface area contributed by atoms with Gasteiger partial charge >= 0.3 is 0 Å². The lowest BCUT2D eigenvalue weighted by Crippen LogP contribution is -2.16. The first kappa shape index (κ1) is 14.4. The summed E-state index contributed by atoms with van der Waals surface area (Å²) in [5.41, 5.74) is 5.39. The Kier molecular flexibility index (Phi) is 5.51. The Labute approximate surface area is 104 Å². The number of benzene rings is 1. The van der Waals surface area contributed by atoms with E-state index in [0.717, 1.165) is 18.6 Å². The number of amides is 1. The summed E-state index contributed by atoms with van der Waals surface area (Å²) in [5.74, 6) is -3.24. The summed E-state index contributed by atoms with van der Waals surface area (Å²) in [6.45, 7) is 0.919. The molecule has 100 valence electrons. The number of phenolic OH excluding ortho intramolecular Hbond substituents is 1. The minimum Gasteiger partial charge on any atom is -0.503 e.